The fourth-order valence-electron chi connectivity index (χ4n) is 11.4. The molecule has 11 atom stereocenters. The fourth-order valence-corrected chi connectivity index (χ4v) is 12.1. The van der Waals surface area contributed by atoms with E-state index in [0.29, 0.717) is 31.6 Å². The summed E-state index contributed by atoms with van der Waals surface area (Å²) < 4.78 is 24.2. The van der Waals surface area contributed by atoms with Gasteiger partial charge >= 0.3 is 5.97 Å². The molecule has 6 unspecified atom stereocenters. The summed E-state index contributed by atoms with van der Waals surface area (Å²) in [4.78, 5) is 109. The van der Waals surface area contributed by atoms with E-state index in [2.05, 4.69) is 58.7 Å². The molecule has 2 saturated heterocycles. The molecule has 2 aromatic carbocycles. The molecule has 3 fully saturated rings. The summed E-state index contributed by atoms with van der Waals surface area (Å²) in [6.45, 7) is 22.6. The second-order valence-electron chi connectivity index (χ2n) is 24.9. The van der Waals surface area contributed by atoms with Crippen molar-refractivity contribution in [1.29, 1.82) is 0 Å². The lowest BCUT2D eigenvalue weighted by molar-refractivity contribution is -0.172. The zero-order chi connectivity index (χ0) is 60.7. The van der Waals surface area contributed by atoms with Crippen molar-refractivity contribution in [2.75, 3.05) is 44.4 Å². The third-order valence-corrected chi connectivity index (χ3v) is 17.1. The molecule has 19 nitrogen and oxygen atoms in total. The highest BCUT2D eigenvalue weighted by atomic mass is 32.2. The van der Waals surface area contributed by atoms with Crippen molar-refractivity contribution < 1.29 is 62.4 Å². The molecule has 20 heteroatoms. The smallest absolute Gasteiger partial charge is 0.313 e. The summed E-state index contributed by atoms with van der Waals surface area (Å²) in [5, 5.41) is 26.4. The number of amides is 6. The highest BCUT2D eigenvalue weighted by Crippen LogP contribution is 2.59. The van der Waals surface area contributed by atoms with Crippen molar-refractivity contribution in [3.63, 3.8) is 0 Å². The summed E-state index contributed by atoms with van der Waals surface area (Å²) in [5.41, 5.74) is -0.555. The van der Waals surface area contributed by atoms with Gasteiger partial charge in [0.15, 0.2) is 5.78 Å². The Balaban J connectivity index is 1.11. The number of carbonyl (C=O) groups is 8. The number of aliphatic hydroxyl groups is 1. The second-order valence-corrected chi connectivity index (χ2v) is 25.9. The zero-order valence-corrected chi connectivity index (χ0v) is 51.3. The van der Waals surface area contributed by atoms with E-state index < -0.39 is 102 Å². The normalized spacial score (nSPS) is 23.5. The second kappa shape index (κ2) is 29.7. The summed E-state index contributed by atoms with van der Waals surface area (Å²) in [6.07, 6.45) is 2.95. The molecule has 2 aliphatic heterocycles. The molecular weight excluding hydrogens is 1070 g/mol. The summed E-state index contributed by atoms with van der Waals surface area (Å²) in [7, 11) is 1.60. The zero-order valence-electron chi connectivity index (χ0n) is 50.5. The van der Waals surface area contributed by atoms with Crippen LogP contribution in [0.1, 0.15) is 134 Å². The molecule has 1 aliphatic carbocycles. The highest BCUT2D eigenvalue weighted by Gasteiger charge is 2.72. The number of epoxide rings is 2. The number of hydrogen-bond donors (Lipinski definition) is 7. The van der Waals surface area contributed by atoms with E-state index in [1.807, 2.05) is 54.5 Å². The molecule has 1 saturated carbocycles. The molecule has 3 aliphatic rings. The fraction of sp³-hybridized carbons (Fsp3) is 0.645. The third kappa shape index (κ3) is 19.2. The van der Waals surface area contributed by atoms with Crippen molar-refractivity contribution in [1.82, 2.24) is 26.6 Å². The Bertz CT molecular complexity index is 2570. The van der Waals surface area contributed by atoms with E-state index in [0.717, 1.165) is 16.9 Å². The number of allylic oxidation sites excluding steroid dienone is 1. The van der Waals surface area contributed by atoms with Crippen molar-refractivity contribution in [3.8, 4) is 0 Å². The SMILES string of the molecule is COC1C(OC(=O)CC(=O)CSc2ccc(NC(=O)CNC(=O)[C@H](CC(C)C)NC(=O)[C@H](Cc3ccccc3)NC(=O)CNC(=O)C(C)(CC(C)(CC(C)C)C(=O)NCC(C)O)C(C)C)cc2)CC[C@]2(CO2)C1[C@]1(C)O[C@@H]1CC=C(C)C. The van der Waals surface area contributed by atoms with Gasteiger partial charge in [0.1, 0.15) is 41.9 Å². The number of ketones is 1. The maximum absolute atomic E-state index is 14.1. The van der Waals surface area contributed by atoms with Gasteiger partial charge in [-0.3, -0.25) is 38.4 Å². The number of Topliss-reactive ketones (excluding diaryl/α,β-unsaturated/α-hetero) is 1. The van der Waals surface area contributed by atoms with Gasteiger partial charge in [0, 0.05) is 41.5 Å². The van der Waals surface area contributed by atoms with Crippen LogP contribution < -0.4 is 31.9 Å². The Labute approximate surface area is 489 Å². The maximum atomic E-state index is 14.1. The van der Waals surface area contributed by atoms with E-state index >= 15 is 0 Å². The first-order chi connectivity index (χ1) is 38.5. The Morgan fingerprint density at radius 1 is 0.829 bits per heavy atom. The van der Waals surface area contributed by atoms with E-state index in [1.165, 1.54) is 17.3 Å². The van der Waals surface area contributed by atoms with E-state index in [-0.39, 0.29) is 78.6 Å². The van der Waals surface area contributed by atoms with Gasteiger partial charge < -0.3 is 56.0 Å². The summed E-state index contributed by atoms with van der Waals surface area (Å²) in [5.74, 6) is -4.40. The van der Waals surface area contributed by atoms with Crippen LogP contribution in [0.25, 0.3) is 0 Å². The third-order valence-electron chi connectivity index (χ3n) is 16.0. The minimum atomic E-state index is -1.16. The van der Waals surface area contributed by atoms with E-state index in [4.69, 9.17) is 18.9 Å². The van der Waals surface area contributed by atoms with Gasteiger partial charge in [0.2, 0.25) is 35.4 Å². The van der Waals surface area contributed by atoms with E-state index in [1.54, 1.807) is 69.5 Å². The van der Waals surface area contributed by atoms with Crippen LogP contribution in [0.3, 0.4) is 0 Å². The molecule has 2 aromatic rings. The van der Waals surface area contributed by atoms with E-state index in [9.17, 15) is 43.5 Å². The monoisotopic (exact) mass is 1160 g/mol. The molecule has 2 heterocycles. The quantitative estimate of drug-likeness (QED) is 0.0138. The van der Waals surface area contributed by atoms with Gasteiger partial charge in [-0.05, 0) is 114 Å². The lowest BCUT2D eigenvalue weighted by atomic mass is 9.64. The Morgan fingerprint density at radius 2 is 1.49 bits per heavy atom. The molecule has 0 aromatic heterocycles. The van der Waals surface area contributed by atoms with Crippen molar-refractivity contribution in [3.05, 3.63) is 71.8 Å². The molecule has 6 amide bonds. The van der Waals surface area contributed by atoms with Crippen molar-refractivity contribution in [2.45, 2.75) is 187 Å². The van der Waals surface area contributed by atoms with Crippen LogP contribution in [-0.4, -0.2) is 139 Å². The minimum absolute atomic E-state index is 0.00682. The number of methoxy groups -OCH3 is 1. The number of carbonyl (C=O) groups excluding carboxylic acids is 8. The Kier molecular flexibility index (Phi) is 24.3. The van der Waals surface area contributed by atoms with Gasteiger partial charge in [-0.15, -0.1) is 11.8 Å². The maximum Gasteiger partial charge on any atom is 0.313 e. The number of nitrogens with one attached hydrogen (secondary N) is 6. The number of rotatable bonds is 32. The van der Waals surface area contributed by atoms with Gasteiger partial charge in [-0.1, -0.05) is 97.4 Å². The molecule has 5 rings (SSSR count). The molecule has 0 radical (unpaired) electrons. The van der Waals surface area contributed by atoms with Gasteiger partial charge in [0.05, 0.1) is 43.6 Å². The standard InChI is InChI=1S/C62H92N6O13S/c1-37(2)19-24-49-61(12,81-49)54-53(78-13)48(25-26-62(54)36-79-62)80-52(73)29-44(70)34-82-45-22-20-43(21-23-45)66-50(71)32-63-55(74)46(27-38(3)4)68-56(75)47(28-42-17-15-14-16-18-42)67-51(72)33-65-58(77)60(11,40(7)8)35-59(10,30-39(5)6)57(76)64-31-41(9)69/h14-23,38-41,46-49,53-54,69H,24-36H2,1-13H3,(H,63,74)(H,64,76)(H,65,77)(H,66,71)(H,67,72)(H,68,75)/t41?,46-,47-,48?,49+,53?,54?,59?,60?,61+,62-/m0/s1. The van der Waals surface area contributed by atoms with Gasteiger partial charge in [-0.25, -0.2) is 0 Å². The van der Waals surface area contributed by atoms with Crippen LogP contribution >= 0.6 is 11.8 Å². The largest absolute Gasteiger partial charge is 0.459 e. The molecule has 7 N–H and O–H groups in total. The predicted molar refractivity (Wildman–Crippen MR) is 314 cm³/mol. The average Bonchev–Trinajstić information content (AvgIpc) is 4.41. The molecular formula is C62H92N6O13S. The van der Waals surface area contributed by atoms with Crippen LogP contribution in [-0.2, 0) is 63.7 Å². The number of benzene rings is 2. The first-order valence-electron chi connectivity index (χ1n) is 28.9. The Hall–Kier alpha value is -5.67. The molecule has 454 valence electrons. The first-order valence-corrected chi connectivity index (χ1v) is 29.9. The molecule has 82 heavy (non-hydrogen) atoms. The van der Waals surface area contributed by atoms with Crippen LogP contribution in [0, 0.1) is 34.5 Å². The van der Waals surface area contributed by atoms with Crippen LogP contribution in [0.5, 0.6) is 0 Å². The van der Waals surface area contributed by atoms with Gasteiger partial charge in [0.25, 0.3) is 0 Å². The molecule has 0 bridgehead atoms. The summed E-state index contributed by atoms with van der Waals surface area (Å²) >= 11 is 1.24. The van der Waals surface area contributed by atoms with Crippen LogP contribution in [0.4, 0.5) is 5.69 Å². The number of thioether (sulfide) groups is 1. The topological polar surface area (TPSA) is 272 Å². The number of aliphatic hydroxyl groups excluding tert-OH is 1. The summed E-state index contributed by atoms with van der Waals surface area (Å²) in [6, 6.07) is 13.5. The predicted octanol–water partition coefficient (Wildman–Crippen LogP) is 6.39. The number of ether oxygens (including phenoxy) is 4. The van der Waals surface area contributed by atoms with Crippen molar-refractivity contribution >= 4 is 64.6 Å². The molecule has 1 spiro atoms. The number of anilines is 1. The number of hydrogen-bond acceptors (Lipinski definition) is 14. The highest BCUT2D eigenvalue weighted by molar-refractivity contribution is 8.00. The lowest BCUT2D eigenvalue weighted by Crippen LogP contribution is -2.56. The minimum Gasteiger partial charge on any atom is -0.459 e. The number of esters is 1. The van der Waals surface area contributed by atoms with Gasteiger partial charge in [-0.2, -0.15) is 0 Å². The lowest BCUT2D eigenvalue weighted by Gasteiger charge is -2.42. The Morgan fingerprint density at radius 3 is 2.07 bits per heavy atom. The van der Waals surface area contributed by atoms with Crippen molar-refractivity contribution in [2.24, 2.45) is 34.5 Å². The van der Waals surface area contributed by atoms with Crippen LogP contribution in [0.2, 0.25) is 0 Å². The van der Waals surface area contributed by atoms with Crippen LogP contribution in [0.15, 0.2) is 71.1 Å². The average molecular weight is 1160 g/mol. The first kappa shape index (κ1) is 67.1.